The molecule has 0 aromatic carbocycles. The van der Waals surface area contributed by atoms with Crippen LogP contribution in [0.5, 0.6) is 0 Å². The number of ether oxygens (including phenoxy) is 1. The van der Waals surface area contributed by atoms with Crippen molar-refractivity contribution in [3.8, 4) is 0 Å². The topological polar surface area (TPSA) is 83.8 Å². The van der Waals surface area contributed by atoms with Gasteiger partial charge in [-0.1, -0.05) is 27.7 Å². The molecule has 96 valence electrons. The molecule has 0 unspecified atom stereocenters. The average Bonchev–Trinajstić information content (AvgIpc) is 1.98. The van der Waals surface area contributed by atoms with Gasteiger partial charge in [-0.15, -0.1) is 0 Å². The van der Waals surface area contributed by atoms with Crippen LogP contribution >= 0.6 is 7.60 Å². The van der Waals surface area contributed by atoms with Gasteiger partial charge in [0.15, 0.2) is 0 Å². The van der Waals surface area contributed by atoms with E-state index < -0.39 is 25.3 Å². The van der Waals surface area contributed by atoms with Crippen LogP contribution in [0.3, 0.4) is 0 Å². The molecule has 0 amide bonds. The van der Waals surface area contributed by atoms with Gasteiger partial charge in [-0.05, 0) is 18.8 Å². The van der Waals surface area contributed by atoms with Crippen molar-refractivity contribution in [2.45, 2.75) is 40.2 Å². The van der Waals surface area contributed by atoms with Gasteiger partial charge >= 0.3 is 13.6 Å². The largest absolute Gasteiger partial charge is 0.458 e. The third-order valence-electron chi connectivity index (χ3n) is 2.96. The predicted octanol–water partition coefficient (Wildman–Crippen LogP) is 1.78. The molecule has 0 aromatic heterocycles. The molecule has 0 spiro atoms. The van der Waals surface area contributed by atoms with Crippen LogP contribution in [0.2, 0.25) is 0 Å². The van der Waals surface area contributed by atoms with Crippen molar-refractivity contribution in [3.05, 3.63) is 0 Å². The van der Waals surface area contributed by atoms with E-state index in [1.807, 2.05) is 27.7 Å². The first-order valence-electron chi connectivity index (χ1n) is 5.25. The maximum absolute atomic E-state index is 11.4. The molecule has 5 nitrogen and oxygen atoms in total. The van der Waals surface area contributed by atoms with Crippen LogP contribution in [0, 0.1) is 11.8 Å². The highest BCUT2D eigenvalue weighted by molar-refractivity contribution is 7.52. The van der Waals surface area contributed by atoms with Crippen LogP contribution in [0.25, 0.3) is 0 Å². The Kier molecular flexibility index (Phi) is 5.17. The zero-order valence-electron chi connectivity index (χ0n) is 10.4. The molecule has 2 N–H and O–H groups in total. The van der Waals surface area contributed by atoms with Crippen molar-refractivity contribution in [2.75, 3.05) is 6.16 Å². The van der Waals surface area contributed by atoms with E-state index in [2.05, 4.69) is 0 Å². The van der Waals surface area contributed by atoms with Crippen LogP contribution in [-0.2, 0) is 14.1 Å². The number of hydrogen-bond donors (Lipinski definition) is 2. The summed E-state index contributed by atoms with van der Waals surface area (Å²) in [5, 5.41) is 0. The molecular weight excluding hydrogens is 231 g/mol. The second-order valence-electron chi connectivity index (χ2n) is 4.79. The average molecular weight is 252 g/mol. The van der Waals surface area contributed by atoms with Gasteiger partial charge in [-0.2, -0.15) is 0 Å². The Morgan fingerprint density at radius 2 is 1.62 bits per heavy atom. The van der Waals surface area contributed by atoms with Crippen molar-refractivity contribution in [1.29, 1.82) is 0 Å². The Morgan fingerprint density at radius 3 is 1.88 bits per heavy atom. The van der Waals surface area contributed by atoms with Crippen molar-refractivity contribution >= 4 is 13.6 Å². The summed E-state index contributed by atoms with van der Waals surface area (Å²) >= 11 is 0. The molecule has 0 aliphatic carbocycles. The lowest BCUT2D eigenvalue weighted by Crippen LogP contribution is -2.42. The molecular formula is C10H21O5P. The van der Waals surface area contributed by atoms with E-state index in [-0.39, 0.29) is 11.8 Å². The molecule has 6 heteroatoms. The molecule has 0 heterocycles. The van der Waals surface area contributed by atoms with E-state index >= 15 is 0 Å². The lowest BCUT2D eigenvalue weighted by molar-refractivity contribution is -0.165. The molecule has 0 fully saturated rings. The Morgan fingerprint density at radius 1 is 1.25 bits per heavy atom. The van der Waals surface area contributed by atoms with Crippen LogP contribution in [0.15, 0.2) is 0 Å². The van der Waals surface area contributed by atoms with E-state index in [0.29, 0.717) is 0 Å². The SMILES string of the molecule is CC(C)C(C)(OC(=O)CP(=O)(O)O)C(C)C. The summed E-state index contributed by atoms with van der Waals surface area (Å²) in [5.41, 5.74) is -0.702. The van der Waals surface area contributed by atoms with Crippen LogP contribution in [0.4, 0.5) is 0 Å². The summed E-state index contributed by atoms with van der Waals surface area (Å²) in [7, 11) is -4.34. The molecule has 0 saturated carbocycles. The van der Waals surface area contributed by atoms with E-state index in [9.17, 15) is 9.36 Å². The Balaban J connectivity index is 4.67. The van der Waals surface area contributed by atoms with Gasteiger partial charge in [0.05, 0.1) is 0 Å². The smallest absolute Gasteiger partial charge is 0.336 e. The van der Waals surface area contributed by atoms with Gasteiger partial charge in [0, 0.05) is 0 Å². The lowest BCUT2D eigenvalue weighted by atomic mass is 9.82. The molecule has 0 saturated heterocycles. The van der Waals surface area contributed by atoms with Crippen molar-refractivity contribution < 1.29 is 23.9 Å². The highest BCUT2D eigenvalue weighted by Gasteiger charge is 2.37. The minimum absolute atomic E-state index is 0.0771. The van der Waals surface area contributed by atoms with E-state index in [1.54, 1.807) is 6.92 Å². The molecule has 0 aromatic rings. The van der Waals surface area contributed by atoms with Gasteiger partial charge in [0.2, 0.25) is 0 Å². The summed E-state index contributed by atoms with van der Waals surface area (Å²) in [6, 6.07) is 0. The van der Waals surface area contributed by atoms with Crippen LogP contribution in [0.1, 0.15) is 34.6 Å². The highest BCUT2D eigenvalue weighted by Crippen LogP contribution is 2.36. The second-order valence-corrected chi connectivity index (χ2v) is 6.44. The number of carbonyl (C=O) groups excluding carboxylic acids is 1. The first-order chi connectivity index (χ1) is 6.99. The quantitative estimate of drug-likeness (QED) is 0.575. The summed E-state index contributed by atoms with van der Waals surface area (Å²) in [6.45, 7) is 9.41. The third-order valence-corrected chi connectivity index (χ3v) is 3.63. The van der Waals surface area contributed by atoms with Crippen molar-refractivity contribution in [2.24, 2.45) is 11.8 Å². The normalized spacial score (nSPS) is 13.3. The molecule has 0 aliphatic heterocycles. The fraction of sp³-hybridized carbons (Fsp3) is 0.900. The van der Waals surface area contributed by atoms with E-state index in [4.69, 9.17) is 14.5 Å². The predicted molar refractivity (Wildman–Crippen MR) is 61.1 cm³/mol. The van der Waals surface area contributed by atoms with Gasteiger partial charge < -0.3 is 14.5 Å². The fourth-order valence-electron chi connectivity index (χ4n) is 1.35. The number of carbonyl (C=O) groups is 1. The number of hydrogen-bond acceptors (Lipinski definition) is 3. The van der Waals surface area contributed by atoms with E-state index in [1.165, 1.54) is 0 Å². The molecule has 16 heavy (non-hydrogen) atoms. The van der Waals surface area contributed by atoms with Crippen molar-refractivity contribution in [1.82, 2.24) is 0 Å². The summed E-state index contributed by atoms with van der Waals surface area (Å²) in [5.74, 6) is -0.695. The zero-order valence-corrected chi connectivity index (χ0v) is 11.3. The lowest BCUT2D eigenvalue weighted by Gasteiger charge is -2.37. The monoisotopic (exact) mass is 252 g/mol. The Labute approximate surface area is 96.4 Å². The molecule has 0 aliphatic rings. The first-order valence-corrected chi connectivity index (χ1v) is 7.05. The van der Waals surface area contributed by atoms with Gasteiger partial charge in [-0.3, -0.25) is 9.36 Å². The maximum Gasteiger partial charge on any atom is 0.336 e. The van der Waals surface area contributed by atoms with Crippen molar-refractivity contribution in [3.63, 3.8) is 0 Å². The highest BCUT2D eigenvalue weighted by atomic mass is 31.2. The van der Waals surface area contributed by atoms with Crippen LogP contribution < -0.4 is 0 Å². The van der Waals surface area contributed by atoms with Gasteiger partial charge in [0.1, 0.15) is 11.8 Å². The summed E-state index contributed by atoms with van der Waals surface area (Å²) < 4.78 is 15.9. The number of rotatable bonds is 5. The Bertz CT molecular complexity index is 284. The molecule has 0 bridgehead atoms. The van der Waals surface area contributed by atoms with E-state index in [0.717, 1.165) is 0 Å². The molecule has 0 atom stereocenters. The first kappa shape index (κ1) is 15.6. The zero-order chi connectivity index (χ0) is 13.1. The third kappa shape index (κ3) is 4.64. The minimum atomic E-state index is -4.34. The standard InChI is InChI=1S/C10H21O5P/c1-7(2)10(5,8(3)4)15-9(11)6-16(12,13)14/h7-8H,6H2,1-5H3,(H2,12,13,14). The minimum Gasteiger partial charge on any atom is -0.458 e. The van der Waals surface area contributed by atoms with Gasteiger partial charge in [-0.25, -0.2) is 0 Å². The summed E-state index contributed by atoms with van der Waals surface area (Å²) in [4.78, 5) is 28.7. The number of esters is 1. The van der Waals surface area contributed by atoms with Gasteiger partial charge in [0.25, 0.3) is 0 Å². The molecule has 0 radical (unpaired) electrons. The Hall–Kier alpha value is -0.380. The maximum atomic E-state index is 11.4. The fourth-order valence-corrected chi connectivity index (χ4v) is 1.75. The summed E-state index contributed by atoms with van der Waals surface area (Å²) in [6.07, 6.45) is -0.859. The second kappa shape index (κ2) is 5.30. The van der Waals surface area contributed by atoms with Crippen LogP contribution in [-0.4, -0.2) is 27.5 Å². The molecule has 0 rings (SSSR count).